The normalized spacial score (nSPS) is 15.6. The van der Waals surface area contributed by atoms with Crippen LogP contribution in [0.3, 0.4) is 0 Å². The molecule has 2 aromatic carbocycles. The fourth-order valence-electron chi connectivity index (χ4n) is 3.36. The average molecular weight is 475 g/mol. The summed E-state index contributed by atoms with van der Waals surface area (Å²) in [6.07, 6.45) is 4.30. The number of aromatic hydroxyl groups is 1. The molecule has 0 amide bonds. The van der Waals surface area contributed by atoms with Crippen LogP contribution in [0.15, 0.2) is 42.5 Å². The third-order valence-electron chi connectivity index (χ3n) is 5.02. The van der Waals surface area contributed by atoms with E-state index in [2.05, 4.69) is 6.92 Å². The summed E-state index contributed by atoms with van der Waals surface area (Å²) in [5.74, 6) is 0.941. The zero-order valence-electron chi connectivity index (χ0n) is 21.6. The molecule has 2 unspecified atom stereocenters. The van der Waals surface area contributed by atoms with Gasteiger partial charge in [-0.25, -0.2) is 0 Å². The van der Waals surface area contributed by atoms with Gasteiger partial charge in [-0.1, -0.05) is 53.2 Å². The van der Waals surface area contributed by atoms with Gasteiger partial charge in [-0.05, 0) is 42.7 Å². The molecule has 0 saturated carbocycles. The zero-order valence-corrected chi connectivity index (χ0v) is 21.6. The predicted molar refractivity (Wildman–Crippen MR) is 136 cm³/mol. The number of ether oxygens (including phenoxy) is 4. The molecule has 0 radical (unpaired) electrons. The van der Waals surface area contributed by atoms with Crippen LogP contribution in [0.5, 0.6) is 17.2 Å². The van der Waals surface area contributed by atoms with Gasteiger partial charge in [0.25, 0.3) is 0 Å². The number of rotatable bonds is 10. The summed E-state index contributed by atoms with van der Waals surface area (Å²) in [4.78, 5) is 12.7. The SMILES string of the molecule is CC.CC.CCCC(OC)Oc1ccc(CC(=O)c2ccc(OC3CCCCO3)cc2O)cc1. The van der Waals surface area contributed by atoms with E-state index in [-0.39, 0.29) is 36.1 Å². The van der Waals surface area contributed by atoms with E-state index in [1.165, 1.54) is 6.07 Å². The van der Waals surface area contributed by atoms with E-state index in [9.17, 15) is 9.90 Å². The lowest BCUT2D eigenvalue weighted by Crippen LogP contribution is -2.24. The summed E-state index contributed by atoms with van der Waals surface area (Å²) < 4.78 is 22.4. The summed E-state index contributed by atoms with van der Waals surface area (Å²) in [5.41, 5.74) is 1.11. The van der Waals surface area contributed by atoms with Gasteiger partial charge in [-0.2, -0.15) is 0 Å². The van der Waals surface area contributed by atoms with Gasteiger partial charge in [0.2, 0.25) is 0 Å². The lowest BCUT2D eigenvalue weighted by Gasteiger charge is -2.23. The Bertz CT molecular complexity index is 812. The maximum Gasteiger partial charge on any atom is 0.199 e. The number of hydrogen-bond acceptors (Lipinski definition) is 6. The molecule has 0 aromatic heterocycles. The van der Waals surface area contributed by atoms with Gasteiger partial charge in [0.1, 0.15) is 17.2 Å². The Morgan fingerprint density at radius 1 is 1.06 bits per heavy atom. The summed E-state index contributed by atoms with van der Waals surface area (Å²) in [7, 11) is 1.62. The first-order chi connectivity index (χ1) is 16.6. The topological polar surface area (TPSA) is 74.2 Å². The Balaban J connectivity index is 0.00000137. The number of benzene rings is 2. The number of phenolic OH excluding ortho intramolecular Hbond substituents is 1. The lowest BCUT2D eigenvalue weighted by atomic mass is 10.0. The van der Waals surface area contributed by atoms with E-state index in [1.807, 2.05) is 52.0 Å². The minimum atomic E-state index is -0.296. The molecule has 1 saturated heterocycles. The fraction of sp³-hybridized carbons (Fsp3) is 0.536. The van der Waals surface area contributed by atoms with E-state index in [0.29, 0.717) is 18.1 Å². The van der Waals surface area contributed by atoms with Gasteiger partial charge in [0.05, 0.1) is 12.2 Å². The van der Waals surface area contributed by atoms with Gasteiger partial charge < -0.3 is 24.1 Å². The minimum Gasteiger partial charge on any atom is -0.507 e. The van der Waals surface area contributed by atoms with Crippen molar-refractivity contribution in [3.8, 4) is 17.2 Å². The van der Waals surface area contributed by atoms with Crippen LogP contribution < -0.4 is 9.47 Å². The first-order valence-corrected chi connectivity index (χ1v) is 12.5. The largest absolute Gasteiger partial charge is 0.507 e. The Morgan fingerprint density at radius 2 is 1.74 bits per heavy atom. The van der Waals surface area contributed by atoms with Crippen molar-refractivity contribution < 1.29 is 28.8 Å². The van der Waals surface area contributed by atoms with Crippen LogP contribution in [0.25, 0.3) is 0 Å². The molecule has 1 heterocycles. The van der Waals surface area contributed by atoms with E-state index in [1.54, 1.807) is 19.2 Å². The summed E-state index contributed by atoms with van der Waals surface area (Å²) in [5, 5.41) is 10.3. The number of carbonyl (C=O) groups is 1. The highest BCUT2D eigenvalue weighted by molar-refractivity contribution is 6.00. The zero-order chi connectivity index (χ0) is 25.3. The lowest BCUT2D eigenvalue weighted by molar-refractivity contribution is -0.105. The molecule has 0 bridgehead atoms. The number of Topliss-reactive ketones (excluding diaryl/α,β-unsaturated/α-hetero) is 1. The Morgan fingerprint density at radius 3 is 2.29 bits per heavy atom. The number of hydrogen-bond donors (Lipinski definition) is 1. The van der Waals surface area contributed by atoms with Gasteiger partial charge in [0.15, 0.2) is 18.4 Å². The fourth-order valence-corrected chi connectivity index (χ4v) is 3.36. The van der Waals surface area contributed by atoms with Crippen molar-refractivity contribution in [2.45, 2.75) is 85.7 Å². The first-order valence-electron chi connectivity index (χ1n) is 12.5. The van der Waals surface area contributed by atoms with Crippen LogP contribution in [0.1, 0.15) is 82.6 Å². The number of phenols is 1. The predicted octanol–water partition coefficient (Wildman–Crippen LogP) is 6.93. The van der Waals surface area contributed by atoms with Gasteiger partial charge in [0, 0.05) is 32.4 Å². The smallest absolute Gasteiger partial charge is 0.199 e. The van der Waals surface area contributed by atoms with Crippen molar-refractivity contribution in [3.63, 3.8) is 0 Å². The van der Waals surface area contributed by atoms with Gasteiger partial charge in [-0.15, -0.1) is 0 Å². The molecule has 190 valence electrons. The molecule has 1 aliphatic rings. The van der Waals surface area contributed by atoms with E-state index in [0.717, 1.165) is 37.7 Å². The van der Waals surface area contributed by atoms with Crippen molar-refractivity contribution in [2.75, 3.05) is 13.7 Å². The highest BCUT2D eigenvalue weighted by atomic mass is 16.7. The number of carbonyl (C=O) groups excluding carboxylic acids is 1. The number of methoxy groups -OCH3 is 1. The molecule has 6 nitrogen and oxygen atoms in total. The molecule has 0 spiro atoms. The minimum absolute atomic E-state index is 0.0873. The van der Waals surface area contributed by atoms with Crippen LogP contribution in [-0.4, -0.2) is 37.2 Å². The van der Waals surface area contributed by atoms with E-state index >= 15 is 0 Å². The second-order valence-electron chi connectivity index (χ2n) is 7.41. The maximum absolute atomic E-state index is 12.7. The molecule has 6 heteroatoms. The van der Waals surface area contributed by atoms with Crippen molar-refractivity contribution in [2.24, 2.45) is 0 Å². The van der Waals surface area contributed by atoms with Crippen molar-refractivity contribution >= 4 is 5.78 Å². The molecule has 1 fully saturated rings. The molecule has 1 aliphatic heterocycles. The monoisotopic (exact) mass is 474 g/mol. The highest BCUT2D eigenvalue weighted by Crippen LogP contribution is 2.27. The number of ketones is 1. The molecule has 34 heavy (non-hydrogen) atoms. The molecular weight excluding hydrogens is 432 g/mol. The highest BCUT2D eigenvalue weighted by Gasteiger charge is 2.18. The van der Waals surface area contributed by atoms with Crippen LogP contribution in [0, 0.1) is 0 Å². The summed E-state index contributed by atoms with van der Waals surface area (Å²) >= 11 is 0. The van der Waals surface area contributed by atoms with Crippen molar-refractivity contribution in [3.05, 3.63) is 53.6 Å². The standard InChI is InChI=1S/C24H30O6.2C2H6/c1-3-6-23(27-2)29-18-10-8-17(9-11-18)15-21(25)20-13-12-19(16-22(20)26)30-24-7-4-5-14-28-24;2*1-2/h8-13,16,23-24,26H,3-7,14-15H2,1-2H3;2*1-2H3. The van der Waals surface area contributed by atoms with Crippen LogP contribution in [0.2, 0.25) is 0 Å². The van der Waals surface area contributed by atoms with Crippen LogP contribution in [-0.2, 0) is 15.9 Å². The summed E-state index contributed by atoms with van der Waals surface area (Å²) in [6.45, 7) is 10.8. The molecule has 2 aromatic rings. The first kappa shape index (κ1) is 29.5. The second kappa shape index (κ2) is 17.0. The Labute approximate surface area is 205 Å². The van der Waals surface area contributed by atoms with E-state index < -0.39 is 0 Å². The molecular formula is C28H42O6. The maximum atomic E-state index is 12.7. The molecule has 3 rings (SSSR count). The quantitative estimate of drug-likeness (QED) is 0.297. The van der Waals surface area contributed by atoms with Crippen LogP contribution in [0.4, 0.5) is 0 Å². The molecule has 2 atom stereocenters. The summed E-state index contributed by atoms with van der Waals surface area (Å²) in [6, 6.07) is 12.1. The van der Waals surface area contributed by atoms with Crippen molar-refractivity contribution in [1.82, 2.24) is 0 Å². The third kappa shape index (κ3) is 9.74. The van der Waals surface area contributed by atoms with Crippen LogP contribution >= 0.6 is 0 Å². The van der Waals surface area contributed by atoms with Gasteiger partial charge >= 0.3 is 0 Å². The van der Waals surface area contributed by atoms with Crippen molar-refractivity contribution in [1.29, 1.82) is 0 Å². The molecule has 1 N–H and O–H groups in total. The Kier molecular flexibility index (Phi) is 14.7. The third-order valence-corrected chi connectivity index (χ3v) is 5.02. The molecule has 0 aliphatic carbocycles. The van der Waals surface area contributed by atoms with E-state index in [4.69, 9.17) is 18.9 Å². The average Bonchev–Trinajstić information content (AvgIpc) is 2.88. The second-order valence-corrected chi connectivity index (χ2v) is 7.41. The Hall–Kier alpha value is -2.57. The van der Waals surface area contributed by atoms with Gasteiger partial charge in [-0.3, -0.25) is 4.79 Å².